The molecule has 0 fully saturated rings. The van der Waals surface area contributed by atoms with Crippen LogP contribution in [0.3, 0.4) is 0 Å². The van der Waals surface area contributed by atoms with Gasteiger partial charge in [0.15, 0.2) is 0 Å². The van der Waals surface area contributed by atoms with Crippen LogP contribution >= 0.6 is 0 Å². The molecule has 2 aromatic heterocycles. The number of amides is 2. The van der Waals surface area contributed by atoms with Crippen LogP contribution in [0, 0.1) is 6.92 Å². The van der Waals surface area contributed by atoms with Crippen LogP contribution in [-0.2, 0) is 11.2 Å². The van der Waals surface area contributed by atoms with Crippen molar-refractivity contribution in [1.82, 2.24) is 19.9 Å². The number of rotatable bonds is 3. The van der Waals surface area contributed by atoms with Crippen molar-refractivity contribution >= 4 is 17.7 Å². The fourth-order valence-corrected chi connectivity index (χ4v) is 3.57. The smallest absolute Gasteiger partial charge is 0.337 e. The fourth-order valence-electron chi connectivity index (χ4n) is 3.57. The molecule has 0 bridgehead atoms. The number of hydrogen-bond acceptors (Lipinski definition) is 5. The molecule has 3 aromatic rings. The van der Waals surface area contributed by atoms with E-state index in [0.717, 1.165) is 22.5 Å². The molecule has 0 aliphatic carbocycles. The zero-order valence-corrected chi connectivity index (χ0v) is 16.2. The molecule has 0 saturated carbocycles. The number of imidazole rings is 1. The molecule has 1 aliphatic heterocycles. The highest BCUT2D eigenvalue weighted by Gasteiger charge is 2.34. The minimum Gasteiger partial charge on any atom is -0.465 e. The first-order valence-electron chi connectivity index (χ1n) is 9.27. The summed E-state index contributed by atoms with van der Waals surface area (Å²) in [6.07, 6.45) is 5.75. The first-order chi connectivity index (χ1) is 14.1. The van der Waals surface area contributed by atoms with E-state index in [4.69, 9.17) is 4.74 Å². The number of nitrogens with zero attached hydrogens (tertiary/aromatic N) is 3. The average Bonchev–Trinajstić information content (AvgIpc) is 3.23. The Bertz CT molecular complexity index is 1050. The number of ether oxygens (including phenoxy) is 1. The lowest BCUT2D eigenvalue weighted by atomic mass is 9.97. The molecule has 8 heteroatoms. The van der Waals surface area contributed by atoms with Gasteiger partial charge in [0.25, 0.3) is 0 Å². The second kappa shape index (κ2) is 7.75. The molecule has 4 rings (SSSR count). The molecule has 8 nitrogen and oxygen atoms in total. The minimum atomic E-state index is -0.450. The van der Waals surface area contributed by atoms with Crippen LogP contribution in [0.1, 0.15) is 38.9 Å². The maximum atomic E-state index is 13.2. The van der Waals surface area contributed by atoms with E-state index in [-0.39, 0.29) is 12.1 Å². The predicted molar refractivity (Wildman–Crippen MR) is 107 cm³/mol. The quantitative estimate of drug-likeness (QED) is 0.669. The van der Waals surface area contributed by atoms with E-state index in [1.807, 2.05) is 19.1 Å². The summed E-state index contributed by atoms with van der Waals surface area (Å²) < 4.78 is 4.78. The number of pyridine rings is 1. The van der Waals surface area contributed by atoms with E-state index in [2.05, 4.69) is 20.3 Å². The van der Waals surface area contributed by atoms with Crippen LogP contribution in [0.25, 0.3) is 0 Å². The highest BCUT2D eigenvalue weighted by molar-refractivity contribution is 5.95. The first-order valence-corrected chi connectivity index (χ1v) is 9.27. The van der Waals surface area contributed by atoms with Gasteiger partial charge in [0.2, 0.25) is 0 Å². The molecule has 1 aromatic carbocycles. The number of urea groups is 1. The summed E-state index contributed by atoms with van der Waals surface area (Å²) in [7, 11) is 1.33. The monoisotopic (exact) mass is 391 g/mol. The number of carbonyl (C=O) groups excluding carboxylic acids is 2. The molecular formula is C21H21N5O3. The van der Waals surface area contributed by atoms with Crippen molar-refractivity contribution < 1.29 is 14.3 Å². The van der Waals surface area contributed by atoms with Crippen molar-refractivity contribution in [3.63, 3.8) is 0 Å². The summed E-state index contributed by atoms with van der Waals surface area (Å²) in [5, 5.41) is 2.95. The largest absolute Gasteiger partial charge is 0.465 e. The molecule has 0 saturated heterocycles. The maximum absolute atomic E-state index is 13.2. The molecule has 148 valence electrons. The van der Waals surface area contributed by atoms with E-state index >= 15 is 0 Å². The van der Waals surface area contributed by atoms with Crippen LogP contribution in [-0.4, -0.2) is 45.5 Å². The molecule has 2 N–H and O–H groups in total. The number of nitrogens with one attached hydrogen (secondary N) is 2. The van der Waals surface area contributed by atoms with Gasteiger partial charge in [-0.1, -0.05) is 6.07 Å². The number of esters is 1. The third-order valence-corrected chi connectivity index (χ3v) is 5.11. The number of hydrogen-bond donors (Lipinski definition) is 2. The molecule has 29 heavy (non-hydrogen) atoms. The molecular weight excluding hydrogens is 370 g/mol. The fraction of sp³-hybridized carbons (Fsp3) is 0.238. The third-order valence-electron chi connectivity index (χ3n) is 5.11. The Morgan fingerprint density at radius 3 is 2.79 bits per heavy atom. The Kier molecular flexibility index (Phi) is 4.99. The summed E-state index contributed by atoms with van der Waals surface area (Å²) in [6.45, 7) is 2.41. The Morgan fingerprint density at radius 1 is 1.24 bits per heavy atom. The molecule has 0 radical (unpaired) electrons. The number of carbonyl (C=O) groups is 2. The van der Waals surface area contributed by atoms with Gasteiger partial charge in [-0.15, -0.1) is 0 Å². The van der Waals surface area contributed by atoms with Crippen molar-refractivity contribution in [3.05, 3.63) is 77.1 Å². The van der Waals surface area contributed by atoms with Crippen LogP contribution in [0.2, 0.25) is 0 Å². The van der Waals surface area contributed by atoms with Crippen molar-refractivity contribution in [2.45, 2.75) is 19.4 Å². The van der Waals surface area contributed by atoms with Gasteiger partial charge in [-0.05, 0) is 42.3 Å². The van der Waals surface area contributed by atoms with Crippen LogP contribution in [0.15, 0.2) is 49.1 Å². The first kappa shape index (κ1) is 18.7. The van der Waals surface area contributed by atoms with Gasteiger partial charge >= 0.3 is 12.0 Å². The molecule has 1 aliphatic rings. The van der Waals surface area contributed by atoms with Gasteiger partial charge in [-0.25, -0.2) is 14.6 Å². The topological polar surface area (TPSA) is 100 Å². The maximum Gasteiger partial charge on any atom is 0.337 e. The zero-order chi connectivity index (χ0) is 20.4. The van der Waals surface area contributed by atoms with Crippen molar-refractivity contribution in [2.75, 3.05) is 19.0 Å². The van der Waals surface area contributed by atoms with Crippen LogP contribution < -0.4 is 5.32 Å². The van der Waals surface area contributed by atoms with E-state index in [1.54, 1.807) is 41.8 Å². The van der Waals surface area contributed by atoms with Gasteiger partial charge in [0.1, 0.15) is 6.04 Å². The van der Waals surface area contributed by atoms with Crippen molar-refractivity contribution in [3.8, 4) is 0 Å². The Hall–Kier alpha value is -3.68. The SMILES string of the molecule is COC(=O)c1ccc(C)c(NC(=O)N2CCc3[nH]cnc3[C@@H]2c2ccncc2)c1. The van der Waals surface area contributed by atoms with E-state index < -0.39 is 5.97 Å². The average molecular weight is 391 g/mol. The van der Waals surface area contributed by atoms with Gasteiger partial charge in [-0.3, -0.25) is 4.98 Å². The molecule has 1 atom stereocenters. The highest BCUT2D eigenvalue weighted by atomic mass is 16.5. The van der Waals surface area contributed by atoms with E-state index in [1.165, 1.54) is 7.11 Å². The lowest BCUT2D eigenvalue weighted by Crippen LogP contribution is -2.43. The highest BCUT2D eigenvalue weighted by Crippen LogP contribution is 2.33. The van der Waals surface area contributed by atoms with Crippen molar-refractivity contribution in [1.29, 1.82) is 0 Å². The number of aromatic amines is 1. The second-order valence-corrected chi connectivity index (χ2v) is 6.84. The number of benzene rings is 1. The predicted octanol–water partition coefficient (Wildman–Crippen LogP) is 3.08. The molecule has 0 unspecified atom stereocenters. The summed E-state index contributed by atoms with van der Waals surface area (Å²) in [5.74, 6) is -0.450. The molecule has 2 amide bonds. The normalized spacial score (nSPS) is 15.5. The number of fused-ring (bicyclic) bond motifs is 1. The van der Waals surface area contributed by atoms with Crippen LogP contribution in [0.5, 0.6) is 0 Å². The lowest BCUT2D eigenvalue weighted by Gasteiger charge is -2.35. The molecule has 0 spiro atoms. The van der Waals surface area contributed by atoms with Gasteiger partial charge in [-0.2, -0.15) is 0 Å². The summed E-state index contributed by atoms with van der Waals surface area (Å²) in [5.41, 5.74) is 4.59. The lowest BCUT2D eigenvalue weighted by molar-refractivity contribution is 0.0600. The van der Waals surface area contributed by atoms with Gasteiger partial charge in [0, 0.05) is 36.7 Å². The molecule has 3 heterocycles. The Balaban J connectivity index is 1.65. The number of H-pyrrole nitrogens is 1. The van der Waals surface area contributed by atoms with E-state index in [9.17, 15) is 9.59 Å². The Morgan fingerprint density at radius 2 is 2.03 bits per heavy atom. The second-order valence-electron chi connectivity index (χ2n) is 6.84. The number of methoxy groups -OCH3 is 1. The summed E-state index contributed by atoms with van der Waals surface area (Å²) in [6, 6.07) is 8.28. The van der Waals surface area contributed by atoms with Crippen molar-refractivity contribution in [2.24, 2.45) is 0 Å². The summed E-state index contributed by atoms with van der Waals surface area (Å²) >= 11 is 0. The third kappa shape index (κ3) is 3.56. The van der Waals surface area contributed by atoms with E-state index in [0.29, 0.717) is 24.2 Å². The number of anilines is 1. The summed E-state index contributed by atoms with van der Waals surface area (Å²) in [4.78, 5) is 38.5. The number of aryl methyl sites for hydroxylation is 1. The zero-order valence-electron chi connectivity index (χ0n) is 16.2. The Labute approximate surface area is 167 Å². The standard InChI is InChI=1S/C21H21N5O3/c1-13-3-4-15(20(27)29-2)11-17(13)25-21(28)26-10-7-16-18(24-12-23-16)19(26)14-5-8-22-9-6-14/h3-6,8-9,11-12,19H,7,10H2,1-2H3,(H,23,24)(H,25,28)/t19-/m0/s1. The number of aromatic nitrogens is 3. The van der Waals surface area contributed by atoms with Gasteiger partial charge < -0.3 is 19.9 Å². The minimum absolute atomic E-state index is 0.259. The van der Waals surface area contributed by atoms with Gasteiger partial charge in [0.05, 0.1) is 24.7 Å². The van der Waals surface area contributed by atoms with Crippen LogP contribution in [0.4, 0.5) is 10.5 Å².